The molecule has 0 saturated heterocycles. The van der Waals surface area contributed by atoms with Crippen LogP contribution >= 0.6 is 0 Å². The van der Waals surface area contributed by atoms with Crippen molar-refractivity contribution in [1.82, 2.24) is 0 Å². The molecule has 2 aliphatic carbocycles. The van der Waals surface area contributed by atoms with Crippen LogP contribution < -0.4 is 0 Å². The molecule has 0 spiro atoms. The smallest absolute Gasteiger partial charge is 0.0383 e. The first-order valence-corrected chi connectivity index (χ1v) is 6.27. The van der Waals surface area contributed by atoms with Crippen LogP contribution in [0.5, 0.6) is 0 Å². The predicted octanol–water partition coefficient (Wildman–Crippen LogP) is 4.25. The SMILES string of the molecule is CC(C)[C@@H]1CC[C@@H]2CCCC[C@@H]2C1. The number of hydrogen-bond donors (Lipinski definition) is 0. The van der Waals surface area contributed by atoms with Gasteiger partial charge in [0.1, 0.15) is 0 Å². The van der Waals surface area contributed by atoms with Crippen LogP contribution in [0.3, 0.4) is 0 Å². The van der Waals surface area contributed by atoms with Crippen molar-refractivity contribution in [3.63, 3.8) is 0 Å². The fourth-order valence-corrected chi connectivity index (χ4v) is 3.52. The van der Waals surface area contributed by atoms with E-state index in [2.05, 4.69) is 13.8 Å². The summed E-state index contributed by atoms with van der Waals surface area (Å²) in [6, 6.07) is 0. The molecule has 0 aromatic heterocycles. The maximum Gasteiger partial charge on any atom is -0.0383 e. The first kappa shape index (κ1) is 9.55. The third-order valence-corrected chi connectivity index (χ3v) is 4.52. The van der Waals surface area contributed by atoms with Gasteiger partial charge in [0.15, 0.2) is 0 Å². The Morgan fingerprint density at radius 2 is 1.54 bits per heavy atom. The van der Waals surface area contributed by atoms with Crippen molar-refractivity contribution in [2.45, 2.75) is 58.8 Å². The summed E-state index contributed by atoms with van der Waals surface area (Å²) in [6.07, 6.45) is 10.8. The molecule has 2 aliphatic rings. The van der Waals surface area contributed by atoms with Crippen LogP contribution in [-0.2, 0) is 0 Å². The van der Waals surface area contributed by atoms with Gasteiger partial charge in [-0.2, -0.15) is 0 Å². The molecule has 0 unspecified atom stereocenters. The lowest BCUT2D eigenvalue weighted by Crippen LogP contribution is -2.29. The molecule has 0 heterocycles. The highest BCUT2D eigenvalue weighted by atomic mass is 14.4. The maximum absolute atomic E-state index is 2.41. The standard InChI is InChI=1S/C13H24/c1-10(2)12-8-7-11-5-3-4-6-13(11)9-12/h10-13H,3-9H2,1-2H3/t11-,12+,13+/m0/s1. The lowest BCUT2D eigenvalue weighted by Gasteiger charge is -2.40. The first-order chi connectivity index (χ1) is 6.27. The average Bonchev–Trinajstić information content (AvgIpc) is 2.17. The molecule has 0 aromatic rings. The summed E-state index contributed by atoms with van der Waals surface area (Å²) in [5, 5.41) is 0. The molecule has 0 aromatic carbocycles. The second-order valence-electron chi connectivity index (χ2n) is 5.62. The lowest BCUT2D eigenvalue weighted by molar-refractivity contribution is 0.108. The Kier molecular flexibility index (Phi) is 2.96. The summed E-state index contributed by atoms with van der Waals surface area (Å²) < 4.78 is 0. The van der Waals surface area contributed by atoms with E-state index >= 15 is 0 Å². The lowest BCUT2D eigenvalue weighted by atomic mass is 9.65. The highest BCUT2D eigenvalue weighted by Gasteiger charge is 2.32. The van der Waals surface area contributed by atoms with E-state index in [0.29, 0.717) is 0 Å². The van der Waals surface area contributed by atoms with Crippen molar-refractivity contribution in [2.75, 3.05) is 0 Å². The van der Waals surface area contributed by atoms with Crippen LogP contribution in [0.2, 0.25) is 0 Å². The molecule has 2 fully saturated rings. The van der Waals surface area contributed by atoms with E-state index in [1.54, 1.807) is 25.7 Å². The molecular formula is C13H24. The van der Waals surface area contributed by atoms with Crippen LogP contribution in [0.1, 0.15) is 58.8 Å². The van der Waals surface area contributed by atoms with Gasteiger partial charge < -0.3 is 0 Å². The highest BCUT2D eigenvalue weighted by Crippen LogP contribution is 2.44. The minimum Gasteiger partial charge on any atom is -0.0625 e. The second kappa shape index (κ2) is 4.02. The third-order valence-electron chi connectivity index (χ3n) is 4.52. The van der Waals surface area contributed by atoms with Crippen molar-refractivity contribution in [3.05, 3.63) is 0 Å². The van der Waals surface area contributed by atoms with Gasteiger partial charge in [-0.25, -0.2) is 0 Å². The van der Waals surface area contributed by atoms with Gasteiger partial charge in [-0.05, 0) is 42.9 Å². The zero-order valence-corrected chi connectivity index (χ0v) is 9.26. The highest BCUT2D eigenvalue weighted by molar-refractivity contribution is 4.83. The summed E-state index contributed by atoms with van der Waals surface area (Å²) in [6.45, 7) is 4.82. The van der Waals surface area contributed by atoms with Gasteiger partial charge >= 0.3 is 0 Å². The number of hydrogen-bond acceptors (Lipinski definition) is 0. The molecular weight excluding hydrogens is 156 g/mol. The Morgan fingerprint density at radius 1 is 0.846 bits per heavy atom. The molecule has 0 aliphatic heterocycles. The van der Waals surface area contributed by atoms with E-state index in [-0.39, 0.29) is 0 Å². The molecule has 0 heteroatoms. The molecule has 2 rings (SSSR count). The quantitative estimate of drug-likeness (QED) is 0.566. The predicted molar refractivity (Wildman–Crippen MR) is 57.6 cm³/mol. The van der Waals surface area contributed by atoms with E-state index < -0.39 is 0 Å². The topological polar surface area (TPSA) is 0 Å². The van der Waals surface area contributed by atoms with Crippen LogP contribution in [0, 0.1) is 23.7 Å². The van der Waals surface area contributed by atoms with Gasteiger partial charge in [-0.15, -0.1) is 0 Å². The van der Waals surface area contributed by atoms with Gasteiger partial charge in [0.05, 0.1) is 0 Å². The van der Waals surface area contributed by atoms with Crippen molar-refractivity contribution in [1.29, 1.82) is 0 Å². The molecule has 0 radical (unpaired) electrons. The molecule has 76 valence electrons. The molecule has 0 nitrogen and oxygen atoms in total. The van der Waals surface area contributed by atoms with Crippen LogP contribution in [-0.4, -0.2) is 0 Å². The summed E-state index contributed by atoms with van der Waals surface area (Å²) >= 11 is 0. The second-order valence-corrected chi connectivity index (χ2v) is 5.62. The molecule has 13 heavy (non-hydrogen) atoms. The van der Waals surface area contributed by atoms with E-state index in [4.69, 9.17) is 0 Å². The minimum absolute atomic E-state index is 0.933. The fraction of sp³-hybridized carbons (Fsp3) is 1.00. The zero-order chi connectivity index (χ0) is 9.26. The van der Waals surface area contributed by atoms with E-state index in [1.165, 1.54) is 19.3 Å². The van der Waals surface area contributed by atoms with Gasteiger partial charge in [-0.1, -0.05) is 39.5 Å². The van der Waals surface area contributed by atoms with E-state index in [1.807, 2.05) is 0 Å². The van der Waals surface area contributed by atoms with Crippen LogP contribution in [0.4, 0.5) is 0 Å². The van der Waals surface area contributed by atoms with Gasteiger partial charge in [0.25, 0.3) is 0 Å². The van der Waals surface area contributed by atoms with Crippen LogP contribution in [0.25, 0.3) is 0 Å². The zero-order valence-electron chi connectivity index (χ0n) is 9.26. The monoisotopic (exact) mass is 180 g/mol. The Balaban J connectivity index is 1.91. The molecule has 0 bridgehead atoms. The van der Waals surface area contributed by atoms with Gasteiger partial charge in [-0.3, -0.25) is 0 Å². The van der Waals surface area contributed by atoms with Crippen molar-refractivity contribution in [3.8, 4) is 0 Å². The van der Waals surface area contributed by atoms with Crippen molar-refractivity contribution in [2.24, 2.45) is 23.7 Å². The molecule has 0 amide bonds. The number of rotatable bonds is 1. The summed E-state index contributed by atoms with van der Waals surface area (Å²) in [4.78, 5) is 0. The van der Waals surface area contributed by atoms with Crippen molar-refractivity contribution < 1.29 is 0 Å². The summed E-state index contributed by atoms with van der Waals surface area (Å²) in [7, 11) is 0. The largest absolute Gasteiger partial charge is 0.0625 e. The summed E-state index contributed by atoms with van der Waals surface area (Å²) in [5.74, 6) is 4.24. The molecule has 3 atom stereocenters. The average molecular weight is 180 g/mol. The normalized spacial score (nSPS) is 40.4. The van der Waals surface area contributed by atoms with Crippen LogP contribution in [0.15, 0.2) is 0 Å². The Morgan fingerprint density at radius 3 is 2.23 bits per heavy atom. The van der Waals surface area contributed by atoms with Gasteiger partial charge in [0, 0.05) is 0 Å². The minimum atomic E-state index is 0.933. The van der Waals surface area contributed by atoms with E-state index in [0.717, 1.165) is 23.7 Å². The van der Waals surface area contributed by atoms with E-state index in [9.17, 15) is 0 Å². The Bertz CT molecular complexity index is 159. The molecule has 0 N–H and O–H groups in total. The van der Waals surface area contributed by atoms with Crippen molar-refractivity contribution >= 4 is 0 Å². The third kappa shape index (κ3) is 2.08. The maximum atomic E-state index is 2.41. The fourth-order valence-electron chi connectivity index (χ4n) is 3.52. The molecule has 2 saturated carbocycles. The van der Waals surface area contributed by atoms with Gasteiger partial charge in [0.2, 0.25) is 0 Å². The first-order valence-electron chi connectivity index (χ1n) is 6.27. The number of fused-ring (bicyclic) bond motifs is 1. The summed E-state index contributed by atoms with van der Waals surface area (Å²) in [5.41, 5.74) is 0. The Hall–Kier alpha value is 0. The Labute approximate surface area is 83.1 Å².